The van der Waals surface area contributed by atoms with Crippen LogP contribution in [0.4, 0.5) is 0 Å². The molecule has 1 aromatic carbocycles. The number of aryl methyl sites for hydroxylation is 1. The van der Waals surface area contributed by atoms with Gasteiger partial charge in [-0.05, 0) is 24.6 Å². The molecule has 1 amide bonds. The Morgan fingerprint density at radius 2 is 2.19 bits per heavy atom. The fourth-order valence-electron chi connectivity index (χ4n) is 2.49. The smallest absolute Gasteiger partial charge is 0.238 e. The number of imidazole rings is 1. The summed E-state index contributed by atoms with van der Waals surface area (Å²) in [5, 5.41) is 14.5. The van der Waals surface area contributed by atoms with E-state index in [9.17, 15) is 13.2 Å². The molecule has 0 fully saturated rings. The SMILES string of the molecule is CCCCn1c(SCC(=O)N(C)CCC#N)nc2cc(S(N)(=O)=O)ccc21. The first-order chi connectivity index (χ1) is 12.8. The van der Waals surface area contributed by atoms with Crippen molar-refractivity contribution in [2.75, 3.05) is 19.3 Å². The Kier molecular flexibility index (Phi) is 7.24. The number of nitrogens with two attached hydrogens (primary N) is 1. The van der Waals surface area contributed by atoms with Gasteiger partial charge in [-0.25, -0.2) is 18.5 Å². The zero-order valence-corrected chi connectivity index (χ0v) is 17.0. The molecule has 2 aromatic rings. The van der Waals surface area contributed by atoms with E-state index < -0.39 is 10.0 Å². The highest BCUT2D eigenvalue weighted by molar-refractivity contribution is 7.99. The van der Waals surface area contributed by atoms with Crippen molar-refractivity contribution in [2.45, 2.75) is 42.8 Å². The van der Waals surface area contributed by atoms with Gasteiger partial charge in [0.1, 0.15) is 0 Å². The Balaban J connectivity index is 2.28. The number of hydrogen-bond acceptors (Lipinski definition) is 6. The minimum atomic E-state index is -3.80. The van der Waals surface area contributed by atoms with Crippen molar-refractivity contribution in [1.82, 2.24) is 14.5 Å². The highest BCUT2D eigenvalue weighted by atomic mass is 32.2. The fraction of sp³-hybridized carbons (Fsp3) is 0.471. The third kappa shape index (κ3) is 5.45. The first-order valence-electron chi connectivity index (χ1n) is 8.54. The number of aromatic nitrogens is 2. The molecule has 0 saturated carbocycles. The number of sulfonamides is 1. The first kappa shape index (κ1) is 21.2. The Hall–Kier alpha value is -2.09. The van der Waals surface area contributed by atoms with Gasteiger partial charge < -0.3 is 9.47 Å². The van der Waals surface area contributed by atoms with Crippen LogP contribution in [0, 0.1) is 11.3 Å². The molecule has 2 N–H and O–H groups in total. The lowest BCUT2D eigenvalue weighted by molar-refractivity contribution is -0.127. The van der Waals surface area contributed by atoms with E-state index in [4.69, 9.17) is 10.4 Å². The molecule has 10 heteroatoms. The van der Waals surface area contributed by atoms with E-state index in [0.717, 1.165) is 24.9 Å². The number of benzene rings is 1. The number of primary sulfonamides is 1. The monoisotopic (exact) mass is 409 g/mol. The largest absolute Gasteiger partial charge is 0.344 e. The molecular weight excluding hydrogens is 386 g/mol. The Bertz CT molecular complexity index is 963. The second-order valence-corrected chi connectivity index (χ2v) is 8.61. The fourth-order valence-corrected chi connectivity index (χ4v) is 4.00. The van der Waals surface area contributed by atoms with Crippen LogP contribution >= 0.6 is 11.8 Å². The highest BCUT2D eigenvalue weighted by Gasteiger charge is 2.17. The summed E-state index contributed by atoms with van der Waals surface area (Å²) in [6.45, 7) is 3.20. The van der Waals surface area contributed by atoms with E-state index in [2.05, 4.69) is 11.9 Å². The molecule has 1 aromatic heterocycles. The van der Waals surface area contributed by atoms with E-state index >= 15 is 0 Å². The molecule has 0 aliphatic heterocycles. The molecule has 1 heterocycles. The van der Waals surface area contributed by atoms with Gasteiger partial charge in [0.25, 0.3) is 0 Å². The number of rotatable bonds is 9. The number of amides is 1. The minimum absolute atomic E-state index is 0.0130. The van der Waals surface area contributed by atoms with Gasteiger partial charge in [-0.2, -0.15) is 5.26 Å². The molecule has 0 aliphatic carbocycles. The molecule has 0 atom stereocenters. The first-order valence-corrected chi connectivity index (χ1v) is 11.1. The standard InChI is InChI=1S/C17H23N5O3S2/c1-3-4-10-22-15-7-6-13(27(19,24)25)11-14(15)20-17(22)26-12-16(23)21(2)9-5-8-18/h6-7,11H,3-5,9-10,12H2,1-2H3,(H2,19,24,25). The van der Waals surface area contributed by atoms with Gasteiger partial charge in [0, 0.05) is 20.1 Å². The van der Waals surface area contributed by atoms with Crippen molar-refractivity contribution in [3.63, 3.8) is 0 Å². The maximum Gasteiger partial charge on any atom is 0.238 e. The van der Waals surface area contributed by atoms with Crippen LogP contribution in [0.1, 0.15) is 26.2 Å². The summed E-state index contributed by atoms with van der Waals surface area (Å²) >= 11 is 1.30. The highest BCUT2D eigenvalue weighted by Crippen LogP contribution is 2.26. The summed E-state index contributed by atoms with van der Waals surface area (Å²) in [7, 11) is -2.14. The summed E-state index contributed by atoms with van der Waals surface area (Å²) in [5.74, 6) is 0.106. The number of unbranched alkanes of at least 4 members (excludes halogenated alkanes) is 1. The number of hydrogen-bond donors (Lipinski definition) is 1. The van der Waals surface area contributed by atoms with Crippen LogP contribution in [0.5, 0.6) is 0 Å². The molecule has 0 aliphatic rings. The van der Waals surface area contributed by atoms with Gasteiger partial charge in [-0.3, -0.25) is 4.79 Å². The van der Waals surface area contributed by atoms with Crippen LogP contribution in [0.25, 0.3) is 11.0 Å². The van der Waals surface area contributed by atoms with Crippen molar-refractivity contribution in [3.05, 3.63) is 18.2 Å². The zero-order chi connectivity index (χ0) is 20.0. The zero-order valence-electron chi connectivity index (χ0n) is 15.4. The lowest BCUT2D eigenvalue weighted by Crippen LogP contribution is -2.29. The summed E-state index contributed by atoms with van der Waals surface area (Å²) in [6, 6.07) is 6.64. The topological polar surface area (TPSA) is 122 Å². The Morgan fingerprint density at radius 3 is 2.81 bits per heavy atom. The second-order valence-electron chi connectivity index (χ2n) is 6.11. The summed E-state index contributed by atoms with van der Waals surface area (Å²) in [5.41, 5.74) is 1.34. The average molecular weight is 410 g/mol. The number of carbonyl (C=O) groups excluding carboxylic acids is 1. The molecule has 0 spiro atoms. The Morgan fingerprint density at radius 1 is 1.44 bits per heavy atom. The van der Waals surface area contributed by atoms with E-state index in [0.29, 0.717) is 17.2 Å². The van der Waals surface area contributed by atoms with Crippen LogP contribution in [0.15, 0.2) is 28.3 Å². The van der Waals surface area contributed by atoms with Crippen molar-refractivity contribution >= 4 is 38.7 Å². The van der Waals surface area contributed by atoms with Crippen LogP contribution in [0.3, 0.4) is 0 Å². The summed E-state index contributed by atoms with van der Waals surface area (Å²) in [4.78, 5) is 18.3. The maximum atomic E-state index is 12.2. The predicted octanol–water partition coefficient (Wildman–Crippen LogP) is 1.95. The van der Waals surface area contributed by atoms with E-state index in [-0.39, 0.29) is 23.0 Å². The van der Waals surface area contributed by atoms with E-state index in [1.807, 2.05) is 10.6 Å². The second kappa shape index (κ2) is 9.21. The molecule has 146 valence electrons. The third-order valence-corrected chi connectivity index (χ3v) is 5.93. The predicted molar refractivity (Wildman–Crippen MR) is 105 cm³/mol. The quantitative estimate of drug-likeness (QED) is 0.632. The maximum absolute atomic E-state index is 12.2. The van der Waals surface area contributed by atoms with Gasteiger partial charge >= 0.3 is 0 Å². The average Bonchev–Trinajstić information content (AvgIpc) is 2.98. The van der Waals surface area contributed by atoms with E-state index in [1.165, 1.54) is 28.8 Å². The van der Waals surface area contributed by atoms with Gasteiger partial charge in [-0.15, -0.1) is 0 Å². The van der Waals surface area contributed by atoms with Crippen molar-refractivity contribution in [3.8, 4) is 6.07 Å². The van der Waals surface area contributed by atoms with Crippen molar-refractivity contribution in [2.24, 2.45) is 5.14 Å². The Labute approximate surface area is 163 Å². The number of fused-ring (bicyclic) bond motifs is 1. The third-order valence-electron chi connectivity index (χ3n) is 4.06. The molecular formula is C17H23N5O3S2. The normalized spacial score (nSPS) is 11.5. The van der Waals surface area contributed by atoms with E-state index in [1.54, 1.807) is 13.1 Å². The number of nitrogens with zero attached hydrogens (tertiary/aromatic N) is 4. The van der Waals surface area contributed by atoms with Crippen LogP contribution in [-0.4, -0.2) is 48.1 Å². The summed E-state index contributed by atoms with van der Waals surface area (Å²) in [6.07, 6.45) is 2.22. The molecule has 8 nitrogen and oxygen atoms in total. The summed E-state index contributed by atoms with van der Waals surface area (Å²) < 4.78 is 25.2. The van der Waals surface area contributed by atoms with Crippen LogP contribution in [0.2, 0.25) is 0 Å². The van der Waals surface area contributed by atoms with Crippen molar-refractivity contribution in [1.29, 1.82) is 5.26 Å². The molecule has 0 bridgehead atoms. The lowest BCUT2D eigenvalue weighted by Gasteiger charge is -2.15. The molecule has 0 saturated heterocycles. The van der Waals surface area contributed by atoms with Gasteiger partial charge in [0.2, 0.25) is 15.9 Å². The van der Waals surface area contributed by atoms with Crippen LogP contribution in [-0.2, 0) is 21.4 Å². The van der Waals surface area contributed by atoms with Gasteiger partial charge in [0.15, 0.2) is 5.16 Å². The molecule has 27 heavy (non-hydrogen) atoms. The lowest BCUT2D eigenvalue weighted by atomic mass is 10.3. The number of nitriles is 1. The molecule has 0 radical (unpaired) electrons. The molecule has 0 unspecified atom stereocenters. The van der Waals surface area contributed by atoms with Crippen LogP contribution < -0.4 is 5.14 Å². The van der Waals surface area contributed by atoms with Gasteiger partial charge in [0.05, 0.1) is 34.2 Å². The van der Waals surface area contributed by atoms with Crippen molar-refractivity contribution < 1.29 is 13.2 Å². The number of carbonyl (C=O) groups is 1. The molecule has 2 rings (SSSR count). The minimum Gasteiger partial charge on any atom is -0.344 e. The van der Waals surface area contributed by atoms with Gasteiger partial charge in [-0.1, -0.05) is 25.1 Å². The number of thioether (sulfide) groups is 1.